The van der Waals surface area contributed by atoms with Gasteiger partial charge in [0, 0.05) is 12.5 Å². The lowest BCUT2D eigenvalue weighted by atomic mass is 9.98. The van der Waals surface area contributed by atoms with Crippen molar-refractivity contribution < 1.29 is 14.3 Å². The Balaban J connectivity index is 1.89. The number of carbonyl (C=O) groups is 2. The van der Waals surface area contributed by atoms with Crippen LogP contribution in [0.3, 0.4) is 0 Å². The largest absolute Gasteiger partial charge is 0.497 e. The summed E-state index contributed by atoms with van der Waals surface area (Å²) >= 11 is 0. The van der Waals surface area contributed by atoms with Crippen molar-refractivity contribution >= 4 is 17.5 Å². The Bertz CT molecular complexity index is 910. The van der Waals surface area contributed by atoms with Gasteiger partial charge in [-0.1, -0.05) is 42.5 Å². The number of nitrogens with two attached hydrogens (primary N) is 1. The number of rotatable bonds is 8. The topological polar surface area (TPSA) is 88.2 Å². The molecule has 0 saturated carbocycles. The Morgan fingerprint density at radius 2 is 1.80 bits per heavy atom. The van der Waals surface area contributed by atoms with Gasteiger partial charge in [0.1, 0.15) is 5.75 Å². The van der Waals surface area contributed by atoms with Crippen LogP contribution in [-0.4, -0.2) is 53.7 Å². The van der Waals surface area contributed by atoms with E-state index in [4.69, 9.17) is 10.5 Å². The van der Waals surface area contributed by atoms with E-state index in [1.807, 2.05) is 68.4 Å². The van der Waals surface area contributed by atoms with E-state index >= 15 is 0 Å². The summed E-state index contributed by atoms with van der Waals surface area (Å²) in [5.41, 5.74) is 8.18. The van der Waals surface area contributed by atoms with E-state index in [-0.39, 0.29) is 31.1 Å². The molecule has 0 fully saturated rings. The summed E-state index contributed by atoms with van der Waals surface area (Å²) in [4.78, 5) is 26.4. The average molecular weight is 409 g/mol. The van der Waals surface area contributed by atoms with Crippen LogP contribution in [-0.2, 0) is 9.59 Å². The Kier molecular flexibility index (Phi) is 6.84. The van der Waals surface area contributed by atoms with E-state index in [0.717, 1.165) is 22.6 Å². The van der Waals surface area contributed by atoms with E-state index < -0.39 is 5.91 Å². The summed E-state index contributed by atoms with van der Waals surface area (Å²) in [7, 11) is 1.62. The quantitative estimate of drug-likeness (QED) is 0.727. The molecule has 1 aliphatic rings. The molecule has 1 aliphatic heterocycles. The molecule has 0 aliphatic carbocycles. The maximum Gasteiger partial charge on any atom is 0.257 e. The van der Waals surface area contributed by atoms with Crippen molar-refractivity contribution in [2.75, 3.05) is 20.2 Å². The first-order valence-electron chi connectivity index (χ1n) is 10.00. The lowest BCUT2D eigenvalue weighted by molar-refractivity contribution is -0.135. The van der Waals surface area contributed by atoms with Gasteiger partial charge in [0.05, 0.1) is 32.0 Å². The zero-order chi connectivity index (χ0) is 21.7. The molecule has 2 amide bonds. The lowest BCUT2D eigenvalue weighted by Crippen LogP contribution is -2.45. The fraction of sp³-hybridized carbons (Fsp3) is 0.348. The van der Waals surface area contributed by atoms with Crippen molar-refractivity contribution in [3.05, 3.63) is 65.7 Å². The SMILES string of the molecule is COc1ccc([C@H]2CC(c3ccccc3)=NN2C(=O)CN(CC(N)=O)C(C)C)cc1. The Morgan fingerprint density at radius 1 is 1.13 bits per heavy atom. The normalized spacial score (nSPS) is 16.1. The maximum atomic E-state index is 13.2. The summed E-state index contributed by atoms with van der Waals surface area (Å²) in [5, 5.41) is 6.22. The Hall–Kier alpha value is -3.19. The number of amides is 2. The van der Waals surface area contributed by atoms with Gasteiger partial charge in [-0.05, 0) is 37.1 Å². The second-order valence-corrected chi connectivity index (χ2v) is 7.61. The molecule has 0 spiro atoms. The fourth-order valence-corrected chi connectivity index (χ4v) is 3.50. The monoisotopic (exact) mass is 408 g/mol. The van der Waals surface area contributed by atoms with Gasteiger partial charge < -0.3 is 10.5 Å². The molecule has 0 aromatic heterocycles. The van der Waals surface area contributed by atoms with Crippen LogP contribution in [0.15, 0.2) is 59.7 Å². The molecule has 0 radical (unpaired) electrons. The molecule has 30 heavy (non-hydrogen) atoms. The van der Waals surface area contributed by atoms with Gasteiger partial charge in [-0.2, -0.15) is 5.10 Å². The zero-order valence-corrected chi connectivity index (χ0v) is 17.6. The first-order chi connectivity index (χ1) is 14.4. The number of hydrogen-bond acceptors (Lipinski definition) is 5. The van der Waals surface area contributed by atoms with E-state index in [1.165, 1.54) is 0 Å². The smallest absolute Gasteiger partial charge is 0.257 e. The fourth-order valence-electron chi connectivity index (χ4n) is 3.50. The highest BCUT2D eigenvalue weighted by Gasteiger charge is 2.34. The maximum absolute atomic E-state index is 13.2. The van der Waals surface area contributed by atoms with Gasteiger partial charge in [-0.25, -0.2) is 5.01 Å². The van der Waals surface area contributed by atoms with E-state index in [0.29, 0.717) is 6.42 Å². The molecule has 2 N–H and O–H groups in total. The van der Waals surface area contributed by atoms with Gasteiger partial charge in [0.2, 0.25) is 5.91 Å². The summed E-state index contributed by atoms with van der Waals surface area (Å²) in [6.45, 7) is 3.96. The molecule has 0 saturated heterocycles. The number of hydrogen-bond donors (Lipinski definition) is 1. The molecule has 3 rings (SSSR count). The predicted octanol–water partition coefficient (Wildman–Crippen LogP) is 2.57. The third kappa shape index (κ3) is 5.04. The van der Waals surface area contributed by atoms with E-state index in [2.05, 4.69) is 5.10 Å². The van der Waals surface area contributed by atoms with Gasteiger partial charge in [-0.3, -0.25) is 14.5 Å². The lowest BCUT2D eigenvalue weighted by Gasteiger charge is -2.28. The van der Waals surface area contributed by atoms with E-state index in [9.17, 15) is 9.59 Å². The zero-order valence-electron chi connectivity index (χ0n) is 17.6. The summed E-state index contributed by atoms with van der Waals surface area (Å²) in [5.74, 6) is 0.126. The minimum atomic E-state index is -0.460. The first-order valence-corrected chi connectivity index (χ1v) is 10.00. The third-order valence-electron chi connectivity index (χ3n) is 5.20. The molecule has 1 heterocycles. The molecule has 0 bridgehead atoms. The highest BCUT2D eigenvalue weighted by atomic mass is 16.5. The number of primary amides is 1. The van der Waals surface area contributed by atoms with Crippen molar-refractivity contribution in [3.63, 3.8) is 0 Å². The van der Waals surface area contributed by atoms with Gasteiger partial charge in [-0.15, -0.1) is 0 Å². The molecule has 2 aromatic carbocycles. The Morgan fingerprint density at radius 3 is 2.37 bits per heavy atom. The van der Waals surface area contributed by atoms with Crippen LogP contribution in [0.5, 0.6) is 5.75 Å². The molecule has 7 nitrogen and oxygen atoms in total. The number of methoxy groups -OCH3 is 1. The molecule has 1 atom stereocenters. The number of benzene rings is 2. The summed E-state index contributed by atoms with van der Waals surface area (Å²) in [6, 6.07) is 17.3. The molecule has 7 heteroatoms. The number of nitrogens with zero attached hydrogens (tertiary/aromatic N) is 3. The van der Waals surface area contributed by atoms with Gasteiger partial charge >= 0.3 is 0 Å². The minimum absolute atomic E-state index is 0.000984. The first kappa shape index (κ1) is 21.5. The van der Waals surface area contributed by atoms with Crippen LogP contribution in [0.4, 0.5) is 0 Å². The third-order valence-corrected chi connectivity index (χ3v) is 5.20. The number of hydrazone groups is 1. The van der Waals surface area contributed by atoms with Crippen molar-refractivity contribution in [2.45, 2.75) is 32.4 Å². The number of carbonyl (C=O) groups excluding carboxylic acids is 2. The predicted molar refractivity (Wildman–Crippen MR) is 116 cm³/mol. The second-order valence-electron chi connectivity index (χ2n) is 7.61. The van der Waals surface area contributed by atoms with Crippen molar-refractivity contribution in [1.82, 2.24) is 9.91 Å². The van der Waals surface area contributed by atoms with E-state index in [1.54, 1.807) is 17.0 Å². The van der Waals surface area contributed by atoms with Crippen LogP contribution in [0.2, 0.25) is 0 Å². The summed E-state index contributed by atoms with van der Waals surface area (Å²) in [6.07, 6.45) is 0.611. The molecular formula is C23H28N4O3. The van der Waals surface area contributed by atoms with Crippen LogP contribution >= 0.6 is 0 Å². The van der Waals surface area contributed by atoms with Crippen LogP contribution < -0.4 is 10.5 Å². The molecular weight excluding hydrogens is 380 g/mol. The highest BCUT2D eigenvalue weighted by Crippen LogP contribution is 2.33. The average Bonchev–Trinajstić information content (AvgIpc) is 3.19. The molecule has 2 aromatic rings. The Labute approximate surface area is 177 Å². The van der Waals surface area contributed by atoms with Crippen molar-refractivity contribution in [3.8, 4) is 5.75 Å². The van der Waals surface area contributed by atoms with Gasteiger partial charge in [0.25, 0.3) is 5.91 Å². The minimum Gasteiger partial charge on any atom is -0.497 e. The van der Waals surface area contributed by atoms with Gasteiger partial charge in [0.15, 0.2) is 0 Å². The van der Waals surface area contributed by atoms with Crippen molar-refractivity contribution in [1.29, 1.82) is 0 Å². The second kappa shape index (κ2) is 9.54. The van der Waals surface area contributed by atoms with Crippen molar-refractivity contribution in [2.24, 2.45) is 10.8 Å². The standard InChI is InChI=1S/C23H28N4O3/c1-16(2)26(14-22(24)28)15-23(29)27-21(18-9-11-19(30-3)12-10-18)13-20(25-27)17-7-5-4-6-8-17/h4-12,16,21H,13-15H2,1-3H3,(H2,24,28)/t21-/m1/s1. The van der Waals surface area contributed by atoms with Crippen LogP contribution in [0, 0.1) is 0 Å². The van der Waals surface area contributed by atoms with Crippen LogP contribution in [0.25, 0.3) is 0 Å². The van der Waals surface area contributed by atoms with Crippen LogP contribution in [0.1, 0.15) is 37.4 Å². The number of ether oxygens (including phenoxy) is 1. The molecule has 0 unspecified atom stereocenters. The summed E-state index contributed by atoms with van der Waals surface area (Å²) < 4.78 is 5.25. The highest BCUT2D eigenvalue weighted by molar-refractivity contribution is 6.03. The molecule has 158 valence electrons.